The van der Waals surface area contributed by atoms with Crippen molar-refractivity contribution < 1.29 is 0 Å². The molecule has 320 valence electrons. The molecule has 0 unspecified atom stereocenters. The molecule has 0 amide bonds. The molecule has 0 aliphatic carbocycles. The largest absolute Gasteiger partial charge is 0.310 e. The number of hydrogen-bond acceptors (Lipinski definition) is 2. The Hall–Kier alpha value is -6.94. The monoisotopic (exact) mass is 858 g/mol. The van der Waals surface area contributed by atoms with Crippen LogP contribution in [-0.4, -0.2) is 8.07 Å². The summed E-state index contributed by atoms with van der Waals surface area (Å²) in [5.74, 6) is 0. The van der Waals surface area contributed by atoms with Gasteiger partial charge in [-0.05, 0) is 129 Å². The number of para-hydroxylation sites is 2. The zero-order valence-corrected chi connectivity index (χ0v) is 40.3. The van der Waals surface area contributed by atoms with Gasteiger partial charge in [0.25, 0.3) is 0 Å². The van der Waals surface area contributed by atoms with Crippen LogP contribution >= 0.6 is 0 Å². The number of rotatable bonds is 9. The molecular weight excluding hydrogens is 801 g/mol. The van der Waals surface area contributed by atoms with Crippen LogP contribution < -0.4 is 15.0 Å². The minimum atomic E-state index is -1.67. The lowest BCUT2D eigenvalue weighted by atomic mass is 9.83. The van der Waals surface area contributed by atoms with Gasteiger partial charge in [-0.15, -0.1) is 0 Å². The van der Waals surface area contributed by atoms with Crippen molar-refractivity contribution in [3.63, 3.8) is 0 Å². The number of nitrogens with zero attached hydrogens (tertiary/aromatic N) is 2. The van der Waals surface area contributed by atoms with E-state index in [0.717, 1.165) is 28.4 Å². The van der Waals surface area contributed by atoms with Gasteiger partial charge < -0.3 is 9.80 Å². The number of hydrogen-bond donors (Lipinski definition) is 0. The van der Waals surface area contributed by atoms with E-state index >= 15 is 0 Å². The van der Waals surface area contributed by atoms with E-state index in [1.807, 2.05) is 0 Å². The van der Waals surface area contributed by atoms with Crippen molar-refractivity contribution in [1.29, 1.82) is 0 Å². The van der Waals surface area contributed by atoms with Crippen molar-refractivity contribution >= 4 is 79.7 Å². The highest BCUT2D eigenvalue weighted by Gasteiger charge is 2.28. The molecular formula is C62H58N2Si. The molecule has 0 radical (unpaired) electrons. The van der Waals surface area contributed by atoms with Gasteiger partial charge in [0.05, 0.1) is 19.4 Å². The van der Waals surface area contributed by atoms with Crippen LogP contribution in [0.4, 0.5) is 34.1 Å². The maximum absolute atomic E-state index is 2.53. The van der Waals surface area contributed by atoms with Crippen LogP contribution in [0.2, 0.25) is 19.6 Å². The van der Waals surface area contributed by atoms with Crippen LogP contribution in [0, 0.1) is 20.8 Å². The van der Waals surface area contributed by atoms with Crippen molar-refractivity contribution in [3.05, 3.63) is 210 Å². The summed E-state index contributed by atoms with van der Waals surface area (Å²) in [6.07, 6.45) is 0. The van der Waals surface area contributed by atoms with E-state index in [4.69, 9.17) is 0 Å². The summed E-state index contributed by atoms with van der Waals surface area (Å²) in [6, 6.07) is 70.6. The van der Waals surface area contributed by atoms with Crippen LogP contribution in [0.25, 0.3) is 54.6 Å². The molecule has 0 heterocycles. The zero-order valence-electron chi connectivity index (χ0n) is 39.3. The summed E-state index contributed by atoms with van der Waals surface area (Å²) in [6.45, 7) is 21.0. The molecule has 10 rings (SSSR count). The minimum Gasteiger partial charge on any atom is -0.310 e. The quantitative estimate of drug-likeness (QED) is 0.105. The normalized spacial score (nSPS) is 12.1. The summed E-state index contributed by atoms with van der Waals surface area (Å²) in [5, 5.41) is 9.03. The van der Waals surface area contributed by atoms with Crippen LogP contribution in [0.5, 0.6) is 0 Å². The molecule has 0 aliphatic heterocycles. The second-order valence-corrected chi connectivity index (χ2v) is 25.1. The topological polar surface area (TPSA) is 6.48 Å². The molecule has 0 saturated carbocycles. The Labute approximate surface area is 386 Å². The summed E-state index contributed by atoms with van der Waals surface area (Å²) in [7, 11) is -1.67. The van der Waals surface area contributed by atoms with Gasteiger partial charge in [-0.25, -0.2) is 0 Å². The van der Waals surface area contributed by atoms with Crippen LogP contribution in [0.1, 0.15) is 43.0 Å². The molecule has 10 aromatic rings. The summed E-state index contributed by atoms with van der Waals surface area (Å²) < 4.78 is 0. The third kappa shape index (κ3) is 7.58. The predicted octanol–water partition coefficient (Wildman–Crippen LogP) is 17.6. The average molecular weight is 859 g/mol. The first kappa shape index (κ1) is 42.0. The average Bonchev–Trinajstić information content (AvgIpc) is 3.30. The molecule has 65 heavy (non-hydrogen) atoms. The smallest absolute Gasteiger partial charge is 0.0784 e. The van der Waals surface area contributed by atoms with Crippen molar-refractivity contribution in [2.45, 2.75) is 66.6 Å². The number of benzene rings is 10. The van der Waals surface area contributed by atoms with Crippen LogP contribution in [0.15, 0.2) is 188 Å². The first-order valence-electron chi connectivity index (χ1n) is 23.1. The lowest BCUT2D eigenvalue weighted by Gasteiger charge is -2.34. The highest BCUT2D eigenvalue weighted by molar-refractivity contribution is 6.89. The van der Waals surface area contributed by atoms with Gasteiger partial charge in [0.15, 0.2) is 0 Å². The SMILES string of the molecule is Cc1ccccc1-c1ccc(C)c(N(c2ccccc2)c2cc(N(c3ccccc3)c3cc(-c4ccccc4[Si](C)(C)C)ccc3C)c3ccc4cc(C(C)(C)C)cc5ccc2c3c54)c1. The molecule has 0 atom stereocenters. The van der Waals surface area contributed by atoms with Crippen molar-refractivity contribution in [2.75, 3.05) is 9.80 Å². The molecule has 0 N–H and O–H groups in total. The second kappa shape index (κ2) is 16.2. The maximum atomic E-state index is 2.53. The van der Waals surface area contributed by atoms with Gasteiger partial charge in [0, 0.05) is 38.9 Å². The Bertz CT molecular complexity index is 3350. The molecule has 0 spiro atoms. The Balaban J connectivity index is 1.33. The second-order valence-electron chi connectivity index (χ2n) is 20.0. The fraction of sp³-hybridized carbons (Fsp3) is 0.161. The standard InChI is InChI=1S/C62H58N2Si/c1-41-20-16-17-25-51(41)44-30-28-42(2)55(38-44)63(49-21-12-10-13-22-49)57-40-58(54-35-33-47-37-48(62(4,5)6)36-46-32-34-53(57)61(54)60(46)47)64(50-23-14-11-15-24-50)56-39-45(31-29-43(56)3)52-26-18-19-27-59(52)65(7,8)9/h10-40H,1-9H3. The zero-order chi connectivity index (χ0) is 45.2. The van der Waals surface area contributed by atoms with Crippen molar-refractivity contribution in [2.24, 2.45) is 0 Å². The van der Waals surface area contributed by atoms with E-state index < -0.39 is 8.07 Å². The Morgan fingerprint density at radius 1 is 0.385 bits per heavy atom. The van der Waals surface area contributed by atoms with Gasteiger partial charge in [0.2, 0.25) is 0 Å². The Morgan fingerprint density at radius 3 is 1.34 bits per heavy atom. The van der Waals surface area contributed by atoms with Gasteiger partial charge >= 0.3 is 0 Å². The summed E-state index contributed by atoms with van der Waals surface area (Å²) in [4.78, 5) is 5.05. The molecule has 0 aromatic heterocycles. The van der Waals surface area contributed by atoms with E-state index in [1.165, 1.54) is 87.7 Å². The third-order valence-corrected chi connectivity index (χ3v) is 15.5. The first-order valence-corrected chi connectivity index (χ1v) is 26.6. The highest BCUT2D eigenvalue weighted by Crippen LogP contribution is 2.52. The third-order valence-electron chi connectivity index (χ3n) is 13.5. The molecule has 10 aromatic carbocycles. The fourth-order valence-corrected chi connectivity index (χ4v) is 11.6. The molecule has 0 bridgehead atoms. The van der Waals surface area contributed by atoms with E-state index in [-0.39, 0.29) is 5.41 Å². The lowest BCUT2D eigenvalue weighted by molar-refractivity contribution is 0.591. The van der Waals surface area contributed by atoms with Crippen LogP contribution in [0.3, 0.4) is 0 Å². The Morgan fingerprint density at radius 2 is 0.846 bits per heavy atom. The first-order chi connectivity index (χ1) is 31.3. The molecule has 0 fully saturated rings. The molecule has 0 aliphatic rings. The van der Waals surface area contributed by atoms with Gasteiger partial charge in [-0.1, -0.05) is 191 Å². The van der Waals surface area contributed by atoms with E-state index in [2.05, 4.69) is 259 Å². The maximum Gasteiger partial charge on any atom is 0.0784 e. The molecule has 3 heteroatoms. The predicted molar refractivity (Wildman–Crippen MR) is 286 cm³/mol. The fourth-order valence-electron chi connectivity index (χ4n) is 9.97. The van der Waals surface area contributed by atoms with E-state index in [0.29, 0.717) is 0 Å². The number of anilines is 6. The molecule has 2 nitrogen and oxygen atoms in total. The van der Waals surface area contributed by atoms with Crippen molar-refractivity contribution in [1.82, 2.24) is 0 Å². The van der Waals surface area contributed by atoms with Crippen LogP contribution in [-0.2, 0) is 5.41 Å². The van der Waals surface area contributed by atoms with Gasteiger partial charge in [-0.3, -0.25) is 0 Å². The summed E-state index contributed by atoms with van der Waals surface area (Å²) in [5.41, 5.74) is 16.9. The minimum absolute atomic E-state index is 0.00524. The lowest BCUT2D eigenvalue weighted by Crippen LogP contribution is -2.38. The van der Waals surface area contributed by atoms with E-state index in [9.17, 15) is 0 Å². The van der Waals surface area contributed by atoms with E-state index in [1.54, 1.807) is 0 Å². The van der Waals surface area contributed by atoms with Crippen molar-refractivity contribution in [3.8, 4) is 22.3 Å². The Kier molecular flexibility index (Phi) is 10.5. The molecule has 0 saturated heterocycles. The highest BCUT2D eigenvalue weighted by atomic mass is 28.3. The van der Waals surface area contributed by atoms with Gasteiger partial charge in [0.1, 0.15) is 0 Å². The summed E-state index contributed by atoms with van der Waals surface area (Å²) >= 11 is 0. The van der Waals surface area contributed by atoms with Gasteiger partial charge in [-0.2, -0.15) is 0 Å². The number of aryl methyl sites for hydroxylation is 3.